The molecule has 25 heavy (non-hydrogen) atoms. The maximum atomic E-state index is 15.7. The summed E-state index contributed by atoms with van der Waals surface area (Å²) in [6.45, 7) is -4.11. The van der Waals surface area contributed by atoms with E-state index in [0.29, 0.717) is 28.0 Å². The highest BCUT2D eigenvalue weighted by atomic mass is 19.2. The van der Waals surface area contributed by atoms with Gasteiger partial charge in [-0.25, -0.2) is 0 Å². The average molecular weight is 334 g/mol. The molecule has 0 amide bonds. The van der Waals surface area contributed by atoms with Crippen molar-refractivity contribution in [2.45, 2.75) is 0 Å². The van der Waals surface area contributed by atoms with Gasteiger partial charge < -0.3 is 17.9 Å². The largest absolute Gasteiger partial charge is 0.740 e. The second kappa shape index (κ2) is 4.93. The molecule has 0 unspecified atom stereocenters. The van der Waals surface area contributed by atoms with Crippen molar-refractivity contribution < 1.29 is 17.5 Å². The number of para-hydroxylation sites is 4. The summed E-state index contributed by atoms with van der Waals surface area (Å²) in [7, 11) is 0. The molecule has 3 nitrogen and oxygen atoms in total. The third-order valence-electron chi connectivity index (χ3n) is 4.60. The highest BCUT2D eigenvalue weighted by molar-refractivity contribution is 6.64. The monoisotopic (exact) mass is 334 g/mol. The third-order valence-corrected chi connectivity index (χ3v) is 4.60. The summed E-state index contributed by atoms with van der Waals surface area (Å²) in [4.78, 5) is 1.12. The van der Waals surface area contributed by atoms with E-state index in [-0.39, 0.29) is 5.89 Å². The van der Waals surface area contributed by atoms with E-state index >= 15 is 8.63 Å². The van der Waals surface area contributed by atoms with E-state index < -0.39 is 6.97 Å². The van der Waals surface area contributed by atoms with Crippen molar-refractivity contribution >= 4 is 29.4 Å². The average Bonchev–Trinajstić information content (AvgIpc) is 3.03. The van der Waals surface area contributed by atoms with Gasteiger partial charge in [0.2, 0.25) is 5.52 Å². The van der Waals surface area contributed by atoms with Gasteiger partial charge in [-0.3, -0.25) is 4.48 Å². The molecule has 122 valence electrons. The van der Waals surface area contributed by atoms with Crippen LogP contribution in [0.4, 0.5) is 20.0 Å². The Morgan fingerprint density at radius 1 is 0.800 bits per heavy atom. The Hall–Kier alpha value is -3.15. The first-order valence-corrected chi connectivity index (χ1v) is 8.07. The van der Waals surface area contributed by atoms with Crippen LogP contribution in [0.15, 0.2) is 83.3 Å². The van der Waals surface area contributed by atoms with Crippen molar-refractivity contribution in [2.24, 2.45) is 0 Å². The molecule has 0 fully saturated rings. The molecular weight excluding hydrogens is 321 g/mol. The van der Waals surface area contributed by atoms with Gasteiger partial charge in [-0.05, 0) is 30.3 Å². The Kier molecular flexibility index (Phi) is 2.80. The molecule has 3 aromatic carbocycles. The molecule has 0 saturated heterocycles. The van der Waals surface area contributed by atoms with E-state index in [1.165, 1.54) is 0 Å². The molecule has 4 aromatic rings. The SMILES string of the molecule is F[B-]1(F)N(c2ccccc2)c2ccccc2-c2oc3ccccc3[n+]21. The first kappa shape index (κ1) is 14.2. The predicted octanol–water partition coefficient (Wildman–Crippen LogP) is 4.76. The van der Waals surface area contributed by atoms with Crippen molar-refractivity contribution in [2.75, 3.05) is 4.81 Å². The summed E-state index contributed by atoms with van der Waals surface area (Å²) in [6, 6.07) is 22.7. The number of benzene rings is 3. The van der Waals surface area contributed by atoms with Crippen LogP contribution in [-0.4, -0.2) is 6.97 Å². The van der Waals surface area contributed by atoms with Crippen LogP contribution in [0, 0.1) is 0 Å². The van der Waals surface area contributed by atoms with Crippen molar-refractivity contribution in [3.05, 3.63) is 78.9 Å². The number of rotatable bonds is 1. The number of aromatic nitrogens is 1. The second-order valence-electron chi connectivity index (χ2n) is 6.06. The van der Waals surface area contributed by atoms with Gasteiger partial charge in [0.1, 0.15) is 5.56 Å². The van der Waals surface area contributed by atoms with Crippen LogP contribution >= 0.6 is 0 Å². The van der Waals surface area contributed by atoms with Gasteiger partial charge >= 0.3 is 12.9 Å². The normalized spacial score (nSPS) is 15.0. The van der Waals surface area contributed by atoms with Crippen molar-refractivity contribution in [1.82, 2.24) is 0 Å². The lowest BCUT2D eigenvalue weighted by atomic mass is 9.85. The van der Waals surface area contributed by atoms with Gasteiger partial charge in [0.15, 0.2) is 5.58 Å². The van der Waals surface area contributed by atoms with Crippen LogP contribution in [-0.2, 0) is 0 Å². The minimum absolute atomic E-state index is 0.189. The van der Waals surface area contributed by atoms with E-state index in [1.54, 1.807) is 60.7 Å². The summed E-state index contributed by atoms with van der Waals surface area (Å²) in [5.74, 6) is 0.189. The van der Waals surface area contributed by atoms with E-state index in [0.717, 1.165) is 9.29 Å². The zero-order valence-corrected chi connectivity index (χ0v) is 13.1. The lowest BCUT2D eigenvalue weighted by Crippen LogP contribution is -2.70. The van der Waals surface area contributed by atoms with Crippen LogP contribution in [0.1, 0.15) is 0 Å². The maximum absolute atomic E-state index is 15.7. The van der Waals surface area contributed by atoms with Gasteiger partial charge in [0.05, 0.1) is 0 Å². The van der Waals surface area contributed by atoms with E-state index in [9.17, 15) is 0 Å². The number of anilines is 2. The molecule has 0 spiro atoms. The first-order valence-electron chi connectivity index (χ1n) is 8.07. The molecule has 1 aliphatic heterocycles. The summed E-state index contributed by atoms with van der Waals surface area (Å²) >= 11 is 0. The number of fused-ring (bicyclic) bond motifs is 5. The van der Waals surface area contributed by atoms with Crippen LogP contribution in [0.2, 0.25) is 0 Å². The van der Waals surface area contributed by atoms with Crippen molar-refractivity contribution in [3.8, 4) is 11.5 Å². The quantitative estimate of drug-likeness (QED) is 0.468. The Balaban J connectivity index is 1.90. The van der Waals surface area contributed by atoms with Crippen LogP contribution in [0.5, 0.6) is 0 Å². The number of nitrogens with zero attached hydrogens (tertiary/aromatic N) is 2. The fraction of sp³-hybridized carbons (Fsp3) is 0. The zero-order chi connectivity index (χ0) is 17.0. The zero-order valence-electron chi connectivity index (χ0n) is 13.1. The molecule has 0 N–H and O–H groups in total. The van der Waals surface area contributed by atoms with Gasteiger partial charge in [0, 0.05) is 17.4 Å². The molecule has 0 saturated carbocycles. The third kappa shape index (κ3) is 1.88. The summed E-state index contributed by atoms with van der Waals surface area (Å²) in [5.41, 5.74) is 2.37. The highest BCUT2D eigenvalue weighted by Crippen LogP contribution is 2.43. The fourth-order valence-corrected chi connectivity index (χ4v) is 3.55. The molecular formula is C19H13BF2N2O. The molecule has 1 aliphatic rings. The second-order valence-corrected chi connectivity index (χ2v) is 6.06. The molecule has 0 radical (unpaired) electrons. The Labute approximate surface area is 142 Å². The van der Waals surface area contributed by atoms with Crippen LogP contribution in [0.25, 0.3) is 22.6 Å². The molecule has 1 aromatic heterocycles. The number of hydrogen-bond donors (Lipinski definition) is 0. The van der Waals surface area contributed by atoms with Gasteiger partial charge in [-0.1, -0.05) is 42.5 Å². The van der Waals surface area contributed by atoms with E-state index in [2.05, 4.69) is 0 Å². The lowest BCUT2D eigenvalue weighted by Gasteiger charge is -2.38. The van der Waals surface area contributed by atoms with E-state index in [4.69, 9.17) is 4.42 Å². The standard InChI is InChI=1S/C19H13BF2N2O/c21-20(22)23(14-8-2-1-3-9-14)16-11-5-4-10-15(16)19-24(20)17-12-6-7-13-18(17)25-19/h1-13H. The topological polar surface area (TPSA) is 20.3 Å². The lowest BCUT2D eigenvalue weighted by molar-refractivity contribution is -0.531. The minimum Gasteiger partial charge on any atom is -0.401 e. The van der Waals surface area contributed by atoms with Crippen LogP contribution < -0.4 is 9.29 Å². The van der Waals surface area contributed by atoms with Crippen molar-refractivity contribution in [3.63, 3.8) is 0 Å². The minimum atomic E-state index is -4.11. The summed E-state index contributed by atoms with van der Waals surface area (Å²) in [5, 5.41) is 0. The molecule has 5 rings (SSSR count). The van der Waals surface area contributed by atoms with Crippen molar-refractivity contribution in [1.29, 1.82) is 0 Å². The summed E-state index contributed by atoms with van der Waals surface area (Å²) in [6.07, 6.45) is 0. The molecule has 0 atom stereocenters. The Morgan fingerprint density at radius 2 is 1.48 bits per heavy atom. The summed E-state index contributed by atoms with van der Waals surface area (Å²) < 4.78 is 38.2. The fourth-order valence-electron chi connectivity index (χ4n) is 3.55. The molecule has 2 heterocycles. The van der Waals surface area contributed by atoms with Crippen LogP contribution in [0.3, 0.4) is 0 Å². The number of hydrogen-bond acceptors (Lipinski definition) is 2. The smallest absolute Gasteiger partial charge is 0.401 e. The van der Waals surface area contributed by atoms with Gasteiger partial charge in [-0.2, -0.15) is 0 Å². The molecule has 0 bridgehead atoms. The highest BCUT2D eigenvalue weighted by Gasteiger charge is 2.56. The molecule has 0 aliphatic carbocycles. The number of halogens is 2. The predicted molar refractivity (Wildman–Crippen MR) is 93.8 cm³/mol. The van der Waals surface area contributed by atoms with E-state index in [1.807, 2.05) is 18.2 Å². The Bertz CT molecular complexity index is 1090. The molecule has 6 heteroatoms. The van der Waals surface area contributed by atoms with Gasteiger partial charge in [-0.15, -0.1) is 0 Å². The first-order chi connectivity index (χ1) is 12.2. The van der Waals surface area contributed by atoms with Gasteiger partial charge in [0.25, 0.3) is 0 Å². The maximum Gasteiger partial charge on any atom is 0.740 e. The number of oxazole rings is 1. The Morgan fingerprint density at radius 3 is 2.32 bits per heavy atom.